The van der Waals surface area contributed by atoms with E-state index < -0.39 is 0 Å². The highest BCUT2D eigenvalue weighted by molar-refractivity contribution is 6.31. The van der Waals surface area contributed by atoms with E-state index in [2.05, 4.69) is 38.6 Å². The molecular weight excluding hydrogens is 287 g/mol. The van der Waals surface area contributed by atoms with Gasteiger partial charge in [0, 0.05) is 16.5 Å². The molecule has 0 aromatic heterocycles. The highest BCUT2D eigenvalue weighted by atomic mass is 35.5. The van der Waals surface area contributed by atoms with E-state index in [1.165, 1.54) is 22.3 Å². The molecule has 2 aromatic carbocycles. The maximum absolute atomic E-state index is 5.81. The zero-order valence-electron chi connectivity index (χ0n) is 12.2. The second-order valence-electron chi connectivity index (χ2n) is 4.80. The summed E-state index contributed by atoms with van der Waals surface area (Å²) < 4.78 is 0. The topological polar surface area (TPSA) is 0 Å². The monoisotopic (exact) mass is 306 g/mol. The van der Waals surface area contributed by atoms with Crippen molar-refractivity contribution in [3.05, 3.63) is 81.4 Å². The first kappa shape index (κ1) is 16.8. The molecule has 2 heteroatoms. The van der Waals surface area contributed by atoms with Gasteiger partial charge in [-0.3, -0.25) is 0 Å². The van der Waals surface area contributed by atoms with E-state index in [0.717, 1.165) is 11.4 Å². The molecule has 0 N–H and O–H groups in total. The molecular formula is C18H20Cl2. The molecule has 20 heavy (non-hydrogen) atoms. The number of hydrogen-bond donors (Lipinski definition) is 0. The first-order chi connectivity index (χ1) is 9.41. The minimum Gasteiger partial charge on any atom is -0.0894 e. The highest BCUT2D eigenvalue weighted by Crippen LogP contribution is 2.17. The lowest BCUT2D eigenvalue weighted by Crippen LogP contribution is -1.87. The normalized spacial score (nSPS) is 9.65. The summed E-state index contributed by atoms with van der Waals surface area (Å²) in [5.41, 5.74) is 4.96. The van der Waals surface area contributed by atoms with Crippen LogP contribution in [0.2, 0.25) is 5.02 Å². The van der Waals surface area contributed by atoms with Gasteiger partial charge in [-0.2, -0.15) is 0 Å². The highest BCUT2D eigenvalue weighted by Gasteiger charge is 1.96. The molecule has 0 saturated heterocycles. The number of benzene rings is 2. The van der Waals surface area contributed by atoms with Crippen molar-refractivity contribution in [3.8, 4) is 0 Å². The van der Waals surface area contributed by atoms with Gasteiger partial charge >= 0.3 is 0 Å². The fourth-order valence-electron chi connectivity index (χ4n) is 1.73. The average molecular weight is 307 g/mol. The fraction of sp³-hybridized carbons (Fsp3) is 0.222. The summed E-state index contributed by atoms with van der Waals surface area (Å²) in [5.74, 6) is 0. The molecule has 2 aromatic rings. The summed E-state index contributed by atoms with van der Waals surface area (Å²) >= 11 is 11.5. The predicted molar refractivity (Wildman–Crippen MR) is 90.8 cm³/mol. The van der Waals surface area contributed by atoms with Gasteiger partial charge in [-0.1, -0.05) is 66.2 Å². The van der Waals surface area contributed by atoms with Crippen LogP contribution < -0.4 is 0 Å². The standard InChI is InChI=1S/C10H11Cl.C8H9Cl/c1-8-5-3-4-6-10(8)7-9(2)11;1-6-4-3-5-8(9)7(6)2/h3-6H,2,7H2,1H3;3-5H,1-2H3. The SMILES string of the molecule is C=C(Cl)Cc1ccccc1C.Cc1cccc(Cl)c1C. The van der Waals surface area contributed by atoms with Crippen LogP contribution in [0, 0.1) is 20.8 Å². The molecule has 0 aliphatic rings. The van der Waals surface area contributed by atoms with Gasteiger partial charge in [0.15, 0.2) is 0 Å². The Morgan fingerprint density at radius 3 is 2.05 bits per heavy atom. The van der Waals surface area contributed by atoms with Crippen molar-refractivity contribution < 1.29 is 0 Å². The Morgan fingerprint density at radius 1 is 0.950 bits per heavy atom. The third-order valence-electron chi connectivity index (χ3n) is 3.18. The van der Waals surface area contributed by atoms with Crippen molar-refractivity contribution in [3.63, 3.8) is 0 Å². The smallest absolute Gasteiger partial charge is 0.0437 e. The van der Waals surface area contributed by atoms with Gasteiger partial charge in [-0.25, -0.2) is 0 Å². The van der Waals surface area contributed by atoms with E-state index in [9.17, 15) is 0 Å². The molecule has 0 bridgehead atoms. The zero-order valence-corrected chi connectivity index (χ0v) is 13.7. The number of halogens is 2. The van der Waals surface area contributed by atoms with Crippen molar-refractivity contribution in [1.82, 2.24) is 0 Å². The van der Waals surface area contributed by atoms with Gasteiger partial charge in [-0.05, 0) is 49.1 Å². The molecule has 0 atom stereocenters. The molecule has 0 radical (unpaired) electrons. The van der Waals surface area contributed by atoms with Gasteiger partial charge in [0.25, 0.3) is 0 Å². The first-order valence-electron chi connectivity index (χ1n) is 6.51. The van der Waals surface area contributed by atoms with Crippen LogP contribution in [0.25, 0.3) is 0 Å². The summed E-state index contributed by atoms with van der Waals surface area (Å²) in [4.78, 5) is 0. The van der Waals surface area contributed by atoms with E-state index in [1.807, 2.05) is 31.2 Å². The van der Waals surface area contributed by atoms with Gasteiger partial charge in [0.05, 0.1) is 0 Å². The minimum atomic E-state index is 0.694. The summed E-state index contributed by atoms with van der Waals surface area (Å²) in [6, 6.07) is 14.1. The second-order valence-corrected chi connectivity index (χ2v) is 5.74. The number of aryl methyl sites for hydroxylation is 2. The number of rotatable bonds is 2. The average Bonchev–Trinajstić information content (AvgIpc) is 2.39. The zero-order chi connectivity index (χ0) is 15.1. The molecule has 0 amide bonds. The van der Waals surface area contributed by atoms with Gasteiger partial charge in [-0.15, -0.1) is 0 Å². The Hall–Kier alpha value is -1.24. The quantitative estimate of drug-likeness (QED) is 0.615. The molecule has 0 nitrogen and oxygen atoms in total. The maximum Gasteiger partial charge on any atom is 0.0437 e. The van der Waals surface area contributed by atoms with Crippen LogP contribution in [-0.2, 0) is 6.42 Å². The molecule has 0 saturated carbocycles. The molecule has 0 spiro atoms. The van der Waals surface area contributed by atoms with Crippen LogP contribution in [0.3, 0.4) is 0 Å². The van der Waals surface area contributed by atoms with Gasteiger partial charge < -0.3 is 0 Å². The number of hydrogen-bond acceptors (Lipinski definition) is 0. The maximum atomic E-state index is 5.81. The summed E-state index contributed by atoms with van der Waals surface area (Å²) in [7, 11) is 0. The summed E-state index contributed by atoms with van der Waals surface area (Å²) in [6.07, 6.45) is 0.772. The lowest BCUT2D eigenvalue weighted by atomic mass is 10.1. The molecule has 2 rings (SSSR count). The van der Waals surface area contributed by atoms with E-state index in [-0.39, 0.29) is 0 Å². The van der Waals surface area contributed by atoms with Crippen LogP contribution in [0.1, 0.15) is 22.3 Å². The lowest BCUT2D eigenvalue weighted by molar-refractivity contribution is 1.20. The lowest BCUT2D eigenvalue weighted by Gasteiger charge is -2.02. The predicted octanol–water partition coefficient (Wildman–Crippen LogP) is 6.25. The Labute approximate surface area is 132 Å². The first-order valence-corrected chi connectivity index (χ1v) is 7.27. The third kappa shape index (κ3) is 5.40. The van der Waals surface area contributed by atoms with E-state index in [4.69, 9.17) is 23.2 Å². The largest absolute Gasteiger partial charge is 0.0894 e. The van der Waals surface area contributed by atoms with Crippen LogP contribution in [0.15, 0.2) is 54.1 Å². The van der Waals surface area contributed by atoms with E-state index in [0.29, 0.717) is 5.03 Å². The Balaban J connectivity index is 0.000000204. The second kappa shape index (κ2) is 8.14. The Morgan fingerprint density at radius 2 is 1.55 bits per heavy atom. The molecule has 106 valence electrons. The van der Waals surface area contributed by atoms with Crippen molar-refractivity contribution in [2.75, 3.05) is 0 Å². The Bertz CT molecular complexity index is 565. The molecule has 0 unspecified atom stereocenters. The van der Waals surface area contributed by atoms with Crippen molar-refractivity contribution >= 4 is 23.2 Å². The van der Waals surface area contributed by atoms with Gasteiger partial charge in [0.2, 0.25) is 0 Å². The fourth-order valence-corrected chi connectivity index (χ4v) is 2.10. The molecule has 0 aliphatic heterocycles. The summed E-state index contributed by atoms with van der Waals surface area (Å²) in [6.45, 7) is 9.82. The van der Waals surface area contributed by atoms with Gasteiger partial charge in [0.1, 0.15) is 0 Å². The summed E-state index contributed by atoms with van der Waals surface area (Å²) in [5, 5.41) is 1.55. The van der Waals surface area contributed by atoms with Crippen LogP contribution in [0.4, 0.5) is 0 Å². The van der Waals surface area contributed by atoms with E-state index in [1.54, 1.807) is 0 Å². The molecule has 0 heterocycles. The Kier molecular flexibility index (Phi) is 6.84. The van der Waals surface area contributed by atoms with Crippen molar-refractivity contribution in [2.24, 2.45) is 0 Å². The number of allylic oxidation sites excluding steroid dienone is 1. The van der Waals surface area contributed by atoms with E-state index >= 15 is 0 Å². The van der Waals surface area contributed by atoms with Crippen LogP contribution in [0.5, 0.6) is 0 Å². The molecule has 0 fully saturated rings. The third-order valence-corrected chi connectivity index (χ3v) is 3.73. The van der Waals surface area contributed by atoms with Crippen LogP contribution >= 0.6 is 23.2 Å². The van der Waals surface area contributed by atoms with Crippen LogP contribution in [-0.4, -0.2) is 0 Å². The minimum absolute atomic E-state index is 0.694. The van der Waals surface area contributed by atoms with Crippen molar-refractivity contribution in [2.45, 2.75) is 27.2 Å². The molecule has 0 aliphatic carbocycles. The van der Waals surface area contributed by atoms with Crippen molar-refractivity contribution in [1.29, 1.82) is 0 Å².